The van der Waals surface area contributed by atoms with E-state index < -0.39 is 5.95 Å². The van der Waals surface area contributed by atoms with Gasteiger partial charge in [0.15, 0.2) is 0 Å². The van der Waals surface area contributed by atoms with Gasteiger partial charge in [-0.25, -0.2) is 4.98 Å². The first-order valence-corrected chi connectivity index (χ1v) is 5.57. The summed E-state index contributed by atoms with van der Waals surface area (Å²) in [5, 5.41) is 0. The van der Waals surface area contributed by atoms with Gasteiger partial charge >= 0.3 is 0 Å². The van der Waals surface area contributed by atoms with E-state index in [0.717, 1.165) is 12.8 Å². The maximum Gasteiger partial charge on any atom is 0.255 e. The summed E-state index contributed by atoms with van der Waals surface area (Å²) in [6.45, 7) is 0. The fourth-order valence-electron chi connectivity index (χ4n) is 2.16. The summed E-state index contributed by atoms with van der Waals surface area (Å²) in [4.78, 5) is 17.3. The molecule has 0 N–H and O–H groups in total. The van der Waals surface area contributed by atoms with E-state index in [4.69, 9.17) is 0 Å². The van der Waals surface area contributed by atoms with Crippen LogP contribution in [-0.4, -0.2) is 28.9 Å². The van der Waals surface area contributed by atoms with Crippen LogP contribution in [0.1, 0.15) is 36.0 Å². The van der Waals surface area contributed by atoms with Crippen molar-refractivity contribution in [2.75, 3.05) is 7.05 Å². The van der Waals surface area contributed by atoms with Crippen LogP contribution < -0.4 is 0 Å². The maximum absolute atomic E-state index is 12.6. The standard InChI is InChI=1S/C12H15FN2O/c1-15(10-4-2-3-5-10)12(16)9-6-7-11(13)14-8-9/h6-8,10H,2-5H2,1H3. The smallest absolute Gasteiger partial charge is 0.255 e. The molecule has 1 aromatic rings. The van der Waals surface area contributed by atoms with Crippen molar-refractivity contribution in [3.8, 4) is 0 Å². The number of carbonyl (C=O) groups is 1. The topological polar surface area (TPSA) is 33.2 Å². The molecule has 0 radical (unpaired) electrons. The number of halogens is 1. The second-order valence-corrected chi connectivity index (χ2v) is 4.22. The van der Waals surface area contributed by atoms with E-state index in [1.54, 1.807) is 4.90 Å². The lowest BCUT2D eigenvalue weighted by molar-refractivity contribution is 0.0734. The molecule has 0 spiro atoms. The van der Waals surface area contributed by atoms with E-state index in [2.05, 4.69) is 4.98 Å². The molecule has 1 amide bonds. The molecule has 0 unspecified atom stereocenters. The molecular weight excluding hydrogens is 207 g/mol. The summed E-state index contributed by atoms with van der Waals surface area (Å²) in [5.74, 6) is -0.625. The third-order valence-electron chi connectivity index (χ3n) is 3.17. The van der Waals surface area contributed by atoms with Gasteiger partial charge in [-0.15, -0.1) is 0 Å². The molecule has 4 heteroatoms. The van der Waals surface area contributed by atoms with Crippen LogP contribution in [0.4, 0.5) is 4.39 Å². The van der Waals surface area contributed by atoms with E-state index in [1.165, 1.54) is 31.2 Å². The van der Waals surface area contributed by atoms with Crippen LogP contribution in [0, 0.1) is 5.95 Å². The van der Waals surface area contributed by atoms with Gasteiger partial charge in [-0.05, 0) is 25.0 Å². The number of nitrogens with zero attached hydrogens (tertiary/aromatic N) is 2. The molecule has 1 aromatic heterocycles. The summed E-state index contributed by atoms with van der Waals surface area (Å²) in [6.07, 6.45) is 5.80. The van der Waals surface area contributed by atoms with Crippen molar-refractivity contribution in [3.05, 3.63) is 29.8 Å². The van der Waals surface area contributed by atoms with Gasteiger partial charge in [0.25, 0.3) is 5.91 Å². The van der Waals surface area contributed by atoms with Crippen LogP contribution in [0.3, 0.4) is 0 Å². The van der Waals surface area contributed by atoms with Gasteiger partial charge in [-0.1, -0.05) is 12.8 Å². The number of hydrogen-bond donors (Lipinski definition) is 0. The van der Waals surface area contributed by atoms with E-state index >= 15 is 0 Å². The molecule has 16 heavy (non-hydrogen) atoms. The normalized spacial score (nSPS) is 16.4. The highest BCUT2D eigenvalue weighted by Crippen LogP contribution is 2.23. The highest BCUT2D eigenvalue weighted by molar-refractivity contribution is 5.93. The van der Waals surface area contributed by atoms with Crippen LogP contribution >= 0.6 is 0 Å². The molecule has 1 heterocycles. The summed E-state index contributed by atoms with van der Waals surface area (Å²) >= 11 is 0. The van der Waals surface area contributed by atoms with Crippen LogP contribution in [0.2, 0.25) is 0 Å². The van der Waals surface area contributed by atoms with Gasteiger partial charge in [0, 0.05) is 19.3 Å². The van der Waals surface area contributed by atoms with Crippen molar-refractivity contribution in [1.82, 2.24) is 9.88 Å². The van der Waals surface area contributed by atoms with E-state index in [0.29, 0.717) is 11.6 Å². The zero-order chi connectivity index (χ0) is 11.5. The van der Waals surface area contributed by atoms with Crippen molar-refractivity contribution in [2.24, 2.45) is 0 Å². The lowest BCUT2D eigenvalue weighted by Crippen LogP contribution is -2.35. The molecular formula is C12H15FN2O. The first-order valence-electron chi connectivity index (χ1n) is 5.57. The highest BCUT2D eigenvalue weighted by atomic mass is 19.1. The number of rotatable bonds is 2. The fraction of sp³-hybridized carbons (Fsp3) is 0.500. The largest absolute Gasteiger partial charge is 0.339 e. The zero-order valence-electron chi connectivity index (χ0n) is 9.32. The molecule has 0 saturated heterocycles. The Balaban J connectivity index is 2.08. The molecule has 0 aliphatic heterocycles. The van der Waals surface area contributed by atoms with Gasteiger partial charge in [0.05, 0.1) is 5.56 Å². The summed E-state index contributed by atoms with van der Waals surface area (Å²) in [6, 6.07) is 3.03. The van der Waals surface area contributed by atoms with Crippen molar-refractivity contribution in [3.63, 3.8) is 0 Å². The summed E-state index contributed by atoms with van der Waals surface area (Å²) in [7, 11) is 1.81. The zero-order valence-corrected chi connectivity index (χ0v) is 9.32. The van der Waals surface area contributed by atoms with E-state index in [1.807, 2.05) is 7.05 Å². The first kappa shape index (κ1) is 11.0. The Bertz CT molecular complexity index is 371. The predicted octanol–water partition coefficient (Wildman–Crippen LogP) is 2.24. The van der Waals surface area contributed by atoms with E-state index in [-0.39, 0.29) is 5.91 Å². The molecule has 0 bridgehead atoms. The van der Waals surface area contributed by atoms with Crippen molar-refractivity contribution >= 4 is 5.91 Å². The number of hydrogen-bond acceptors (Lipinski definition) is 2. The van der Waals surface area contributed by atoms with Gasteiger partial charge in [0.2, 0.25) is 5.95 Å². The summed E-state index contributed by atoms with van der Waals surface area (Å²) < 4.78 is 12.6. The lowest BCUT2D eigenvalue weighted by Gasteiger charge is -2.24. The predicted molar refractivity (Wildman–Crippen MR) is 58.5 cm³/mol. The molecule has 1 aliphatic carbocycles. The quantitative estimate of drug-likeness (QED) is 0.719. The molecule has 0 aromatic carbocycles. The average molecular weight is 222 g/mol. The fourth-order valence-corrected chi connectivity index (χ4v) is 2.16. The minimum Gasteiger partial charge on any atom is -0.339 e. The van der Waals surface area contributed by atoms with Gasteiger partial charge in [-0.3, -0.25) is 4.79 Å². The second kappa shape index (κ2) is 4.60. The Morgan fingerprint density at radius 1 is 1.44 bits per heavy atom. The van der Waals surface area contributed by atoms with E-state index in [9.17, 15) is 9.18 Å². The van der Waals surface area contributed by atoms with Crippen molar-refractivity contribution in [2.45, 2.75) is 31.7 Å². The molecule has 1 fully saturated rings. The third-order valence-corrected chi connectivity index (χ3v) is 3.17. The van der Waals surface area contributed by atoms with Crippen LogP contribution in [0.25, 0.3) is 0 Å². The maximum atomic E-state index is 12.6. The Hall–Kier alpha value is -1.45. The number of carbonyl (C=O) groups excluding carboxylic acids is 1. The van der Waals surface area contributed by atoms with Gasteiger partial charge < -0.3 is 4.90 Å². The summed E-state index contributed by atoms with van der Waals surface area (Å²) in [5.41, 5.74) is 0.454. The lowest BCUT2D eigenvalue weighted by atomic mass is 10.2. The minimum absolute atomic E-state index is 0.0700. The monoisotopic (exact) mass is 222 g/mol. The Morgan fingerprint density at radius 2 is 2.12 bits per heavy atom. The molecule has 1 saturated carbocycles. The average Bonchev–Trinajstić information content (AvgIpc) is 2.81. The number of amides is 1. The highest BCUT2D eigenvalue weighted by Gasteiger charge is 2.24. The Kier molecular flexibility index (Phi) is 3.17. The van der Waals surface area contributed by atoms with Gasteiger partial charge in [0.1, 0.15) is 0 Å². The molecule has 1 aliphatic rings. The minimum atomic E-state index is -0.555. The number of aromatic nitrogens is 1. The third kappa shape index (κ3) is 2.21. The molecule has 2 rings (SSSR count). The molecule has 3 nitrogen and oxygen atoms in total. The Morgan fingerprint density at radius 3 is 2.69 bits per heavy atom. The van der Waals surface area contributed by atoms with Crippen molar-refractivity contribution in [1.29, 1.82) is 0 Å². The van der Waals surface area contributed by atoms with Crippen molar-refractivity contribution < 1.29 is 9.18 Å². The first-order chi connectivity index (χ1) is 7.68. The molecule has 0 atom stereocenters. The van der Waals surface area contributed by atoms with Crippen LogP contribution in [0.5, 0.6) is 0 Å². The van der Waals surface area contributed by atoms with Crippen LogP contribution in [-0.2, 0) is 0 Å². The second-order valence-electron chi connectivity index (χ2n) is 4.22. The van der Waals surface area contributed by atoms with Crippen LogP contribution in [0.15, 0.2) is 18.3 Å². The Labute approximate surface area is 94.3 Å². The SMILES string of the molecule is CN(C(=O)c1ccc(F)nc1)C1CCCC1. The number of pyridine rings is 1. The molecule has 86 valence electrons. The van der Waals surface area contributed by atoms with Gasteiger partial charge in [-0.2, -0.15) is 4.39 Å².